The quantitative estimate of drug-likeness (QED) is 0.585. The summed E-state index contributed by atoms with van der Waals surface area (Å²) in [5, 5.41) is 7.42. The largest absolute Gasteiger partial charge is 0.380 e. The maximum atomic E-state index is 5.60. The second kappa shape index (κ2) is 9.22. The lowest BCUT2D eigenvalue weighted by Crippen LogP contribution is -2.44. The van der Waals surface area contributed by atoms with Crippen molar-refractivity contribution in [3.63, 3.8) is 0 Å². The van der Waals surface area contributed by atoms with Crippen molar-refractivity contribution < 1.29 is 4.74 Å². The van der Waals surface area contributed by atoms with E-state index in [9.17, 15) is 0 Å². The van der Waals surface area contributed by atoms with E-state index in [1.807, 2.05) is 13.0 Å². The highest BCUT2D eigenvalue weighted by Crippen LogP contribution is 2.23. The summed E-state index contributed by atoms with van der Waals surface area (Å²) in [5.41, 5.74) is 3.60. The van der Waals surface area contributed by atoms with Crippen molar-refractivity contribution in [3.8, 4) is 0 Å². The summed E-state index contributed by atoms with van der Waals surface area (Å²) < 4.78 is 7.86. The molecule has 2 N–H and O–H groups in total. The number of aromatic nitrogens is 2. The van der Waals surface area contributed by atoms with Gasteiger partial charge >= 0.3 is 0 Å². The van der Waals surface area contributed by atoms with Crippen molar-refractivity contribution in [2.75, 3.05) is 25.1 Å². The highest BCUT2D eigenvalue weighted by Gasteiger charge is 2.23. The van der Waals surface area contributed by atoms with Crippen LogP contribution in [0.15, 0.2) is 54.6 Å². The SMILES string of the molecule is CCOCCn1c(N[C@H]2CCN[C@H](Cc3ccccc3)C2)nc2ccccc21. The normalized spacial score (nSPS) is 19.8. The van der Waals surface area contributed by atoms with Crippen molar-refractivity contribution >= 4 is 17.0 Å². The molecule has 0 unspecified atom stereocenters. The van der Waals surface area contributed by atoms with Crippen LogP contribution < -0.4 is 10.6 Å². The van der Waals surface area contributed by atoms with Crippen LogP contribution in [0.3, 0.4) is 0 Å². The molecule has 0 aliphatic carbocycles. The van der Waals surface area contributed by atoms with Gasteiger partial charge in [-0.1, -0.05) is 42.5 Å². The Bertz CT molecular complexity index is 877. The molecule has 1 fully saturated rings. The third kappa shape index (κ3) is 4.54. The maximum Gasteiger partial charge on any atom is 0.204 e. The molecule has 0 bridgehead atoms. The van der Waals surface area contributed by atoms with E-state index in [4.69, 9.17) is 9.72 Å². The minimum absolute atomic E-state index is 0.428. The molecule has 0 spiro atoms. The van der Waals surface area contributed by atoms with E-state index in [1.165, 1.54) is 11.1 Å². The highest BCUT2D eigenvalue weighted by molar-refractivity contribution is 5.78. The molecule has 4 rings (SSSR count). The van der Waals surface area contributed by atoms with E-state index in [0.717, 1.165) is 50.4 Å². The van der Waals surface area contributed by atoms with Crippen LogP contribution in [-0.4, -0.2) is 41.4 Å². The van der Waals surface area contributed by atoms with Crippen molar-refractivity contribution in [3.05, 3.63) is 60.2 Å². The number of benzene rings is 2. The van der Waals surface area contributed by atoms with E-state index < -0.39 is 0 Å². The predicted octanol–water partition coefficient (Wildman–Crippen LogP) is 3.85. The van der Waals surface area contributed by atoms with Gasteiger partial charge in [-0.15, -0.1) is 0 Å². The van der Waals surface area contributed by atoms with Crippen molar-refractivity contribution in [2.24, 2.45) is 0 Å². The Hall–Kier alpha value is -2.37. The lowest BCUT2D eigenvalue weighted by Gasteiger charge is -2.31. The average molecular weight is 379 g/mol. The fourth-order valence-electron chi connectivity index (χ4n) is 4.09. The molecule has 2 aromatic carbocycles. The lowest BCUT2D eigenvalue weighted by molar-refractivity contribution is 0.140. The summed E-state index contributed by atoms with van der Waals surface area (Å²) in [6.45, 7) is 5.33. The van der Waals surface area contributed by atoms with Gasteiger partial charge in [0.2, 0.25) is 5.95 Å². The molecular weight excluding hydrogens is 348 g/mol. The van der Waals surface area contributed by atoms with Crippen LogP contribution in [0.5, 0.6) is 0 Å². The summed E-state index contributed by atoms with van der Waals surface area (Å²) >= 11 is 0. The minimum Gasteiger partial charge on any atom is -0.380 e. The van der Waals surface area contributed by atoms with E-state index in [0.29, 0.717) is 18.7 Å². The molecule has 1 aliphatic heterocycles. The Balaban J connectivity index is 1.46. The van der Waals surface area contributed by atoms with Gasteiger partial charge in [0.25, 0.3) is 0 Å². The first-order valence-corrected chi connectivity index (χ1v) is 10.4. The van der Waals surface area contributed by atoms with Crippen LogP contribution in [0.1, 0.15) is 25.3 Å². The minimum atomic E-state index is 0.428. The zero-order valence-electron chi connectivity index (χ0n) is 16.6. The maximum absolute atomic E-state index is 5.60. The lowest BCUT2D eigenvalue weighted by atomic mass is 9.94. The van der Waals surface area contributed by atoms with Crippen molar-refractivity contribution in [1.29, 1.82) is 0 Å². The molecule has 0 amide bonds. The first-order chi connectivity index (χ1) is 13.8. The van der Waals surface area contributed by atoms with Crippen LogP contribution >= 0.6 is 0 Å². The molecule has 5 nitrogen and oxygen atoms in total. The zero-order chi connectivity index (χ0) is 19.2. The van der Waals surface area contributed by atoms with Crippen LogP contribution in [0.25, 0.3) is 11.0 Å². The number of rotatable bonds is 8. The molecular formula is C23H30N4O. The number of fused-ring (bicyclic) bond motifs is 1. The van der Waals surface area contributed by atoms with Gasteiger partial charge in [0.15, 0.2) is 0 Å². The van der Waals surface area contributed by atoms with E-state index >= 15 is 0 Å². The number of nitrogens with one attached hydrogen (secondary N) is 2. The fourth-order valence-corrected chi connectivity index (χ4v) is 4.09. The molecule has 2 atom stereocenters. The zero-order valence-corrected chi connectivity index (χ0v) is 16.6. The van der Waals surface area contributed by atoms with Gasteiger partial charge in [-0.25, -0.2) is 4.98 Å². The van der Waals surface area contributed by atoms with Gasteiger partial charge in [-0.05, 0) is 50.4 Å². The number of piperidine rings is 1. The standard InChI is InChI=1S/C23H30N4O/c1-2-28-15-14-27-22-11-7-6-10-21(22)26-23(27)25-19-12-13-24-20(17-19)16-18-8-4-3-5-9-18/h3-11,19-20,24H,2,12-17H2,1H3,(H,25,26)/t19-,20+/m0/s1. The summed E-state index contributed by atoms with van der Waals surface area (Å²) in [7, 11) is 0. The van der Waals surface area contributed by atoms with Crippen LogP contribution in [0.4, 0.5) is 5.95 Å². The predicted molar refractivity (Wildman–Crippen MR) is 115 cm³/mol. The molecule has 5 heteroatoms. The molecule has 1 aromatic heterocycles. The van der Waals surface area contributed by atoms with Gasteiger partial charge in [0.05, 0.1) is 17.6 Å². The number of hydrogen-bond acceptors (Lipinski definition) is 4. The van der Waals surface area contributed by atoms with Gasteiger partial charge in [0.1, 0.15) is 0 Å². The first kappa shape index (κ1) is 19.0. The van der Waals surface area contributed by atoms with Crippen LogP contribution in [0, 0.1) is 0 Å². The number of ether oxygens (including phenoxy) is 1. The summed E-state index contributed by atoms with van der Waals surface area (Å²) in [5.74, 6) is 0.964. The Morgan fingerprint density at radius 3 is 2.82 bits per heavy atom. The second-order valence-electron chi connectivity index (χ2n) is 7.48. The van der Waals surface area contributed by atoms with E-state index in [1.54, 1.807) is 0 Å². The van der Waals surface area contributed by atoms with Gasteiger partial charge in [-0.3, -0.25) is 0 Å². The van der Waals surface area contributed by atoms with E-state index in [2.05, 4.69) is 63.7 Å². The summed E-state index contributed by atoms with van der Waals surface area (Å²) in [4.78, 5) is 4.87. The monoisotopic (exact) mass is 378 g/mol. The highest BCUT2D eigenvalue weighted by atomic mass is 16.5. The van der Waals surface area contributed by atoms with Gasteiger partial charge in [-0.2, -0.15) is 0 Å². The smallest absolute Gasteiger partial charge is 0.204 e. The van der Waals surface area contributed by atoms with Crippen LogP contribution in [-0.2, 0) is 17.7 Å². The Morgan fingerprint density at radius 1 is 1.14 bits per heavy atom. The Morgan fingerprint density at radius 2 is 1.96 bits per heavy atom. The van der Waals surface area contributed by atoms with E-state index in [-0.39, 0.29) is 0 Å². The Kier molecular flexibility index (Phi) is 6.24. The summed E-state index contributed by atoms with van der Waals surface area (Å²) in [6.07, 6.45) is 3.28. The van der Waals surface area contributed by atoms with Crippen molar-refractivity contribution in [1.82, 2.24) is 14.9 Å². The van der Waals surface area contributed by atoms with Gasteiger partial charge in [0, 0.05) is 25.2 Å². The molecule has 1 aliphatic rings. The van der Waals surface area contributed by atoms with Crippen LogP contribution in [0.2, 0.25) is 0 Å². The third-order valence-corrected chi connectivity index (χ3v) is 5.47. The summed E-state index contributed by atoms with van der Waals surface area (Å²) in [6, 6.07) is 20.0. The third-order valence-electron chi connectivity index (χ3n) is 5.47. The molecule has 0 radical (unpaired) electrons. The molecule has 1 saturated heterocycles. The second-order valence-corrected chi connectivity index (χ2v) is 7.48. The Labute approximate surface area is 167 Å². The fraction of sp³-hybridized carbons (Fsp3) is 0.435. The number of nitrogens with zero attached hydrogens (tertiary/aromatic N) is 2. The number of anilines is 1. The number of hydrogen-bond donors (Lipinski definition) is 2. The van der Waals surface area contributed by atoms with Gasteiger partial charge < -0.3 is 19.9 Å². The molecule has 3 aromatic rings. The molecule has 148 valence electrons. The number of para-hydroxylation sites is 2. The topological polar surface area (TPSA) is 51.1 Å². The molecule has 28 heavy (non-hydrogen) atoms. The molecule has 2 heterocycles. The average Bonchev–Trinajstić information content (AvgIpc) is 3.06. The number of imidazole rings is 1. The molecule has 0 saturated carbocycles. The van der Waals surface area contributed by atoms with Crippen molar-refractivity contribution in [2.45, 2.75) is 44.8 Å². The first-order valence-electron chi connectivity index (χ1n) is 10.4.